The molecule has 0 radical (unpaired) electrons. The molecule has 1 unspecified atom stereocenters. The molecule has 0 aliphatic carbocycles. The molecule has 1 amide bonds. The lowest BCUT2D eigenvalue weighted by molar-refractivity contribution is -0.132. The molecule has 0 spiro atoms. The molecular formula is C23H27NO6S. The molecule has 8 heteroatoms. The molecule has 7 nitrogen and oxygen atoms in total. The first-order chi connectivity index (χ1) is 14.9. The fourth-order valence-electron chi connectivity index (χ4n) is 4.02. The Morgan fingerprint density at radius 2 is 1.84 bits per heavy atom. The van der Waals surface area contributed by atoms with Crippen molar-refractivity contribution in [3.05, 3.63) is 48.0 Å². The summed E-state index contributed by atoms with van der Waals surface area (Å²) in [4.78, 5) is 15.0. The highest BCUT2D eigenvalue weighted by Crippen LogP contribution is 2.38. The van der Waals surface area contributed by atoms with Gasteiger partial charge in [0.1, 0.15) is 19.0 Å². The van der Waals surface area contributed by atoms with Crippen LogP contribution in [0.2, 0.25) is 0 Å². The summed E-state index contributed by atoms with van der Waals surface area (Å²) < 4.78 is 40.0. The molecule has 4 rings (SSSR count). The average Bonchev–Trinajstić information content (AvgIpc) is 3.26. The van der Waals surface area contributed by atoms with Crippen molar-refractivity contribution in [1.29, 1.82) is 0 Å². The van der Waals surface area contributed by atoms with Crippen LogP contribution in [0.5, 0.6) is 17.2 Å². The summed E-state index contributed by atoms with van der Waals surface area (Å²) in [5.74, 6) is 2.22. The minimum Gasteiger partial charge on any atom is -0.494 e. The summed E-state index contributed by atoms with van der Waals surface area (Å²) in [6, 6.07) is 12.3. The summed E-state index contributed by atoms with van der Waals surface area (Å²) in [6.45, 7) is 2.25. The topological polar surface area (TPSA) is 82.1 Å². The van der Waals surface area contributed by atoms with Crippen LogP contribution in [-0.4, -0.2) is 51.8 Å². The molecule has 0 saturated carbocycles. The van der Waals surface area contributed by atoms with Crippen LogP contribution in [0.15, 0.2) is 47.4 Å². The predicted octanol–water partition coefficient (Wildman–Crippen LogP) is 3.38. The largest absolute Gasteiger partial charge is 0.494 e. The van der Waals surface area contributed by atoms with E-state index >= 15 is 0 Å². The maximum atomic E-state index is 12.8. The van der Waals surface area contributed by atoms with Crippen LogP contribution in [0.4, 0.5) is 0 Å². The van der Waals surface area contributed by atoms with E-state index in [1.54, 1.807) is 12.1 Å². The molecule has 0 aromatic heterocycles. The van der Waals surface area contributed by atoms with E-state index < -0.39 is 9.84 Å². The Labute approximate surface area is 182 Å². The van der Waals surface area contributed by atoms with Crippen molar-refractivity contribution < 1.29 is 27.4 Å². The molecular weight excluding hydrogens is 418 g/mol. The summed E-state index contributed by atoms with van der Waals surface area (Å²) in [5, 5.41) is 0. The monoisotopic (exact) mass is 445 g/mol. The van der Waals surface area contributed by atoms with Crippen molar-refractivity contribution >= 4 is 15.7 Å². The van der Waals surface area contributed by atoms with E-state index in [4.69, 9.17) is 14.2 Å². The van der Waals surface area contributed by atoms with E-state index in [1.807, 2.05) is 23.1 Å². The van der Waals surface area contributed by atoms with Gasteiger partial charge in [-0.1, -0.05) is 6.07 Å². The van der Waals surface area contributed by atoms with Crippen LogP contribution in [0, 0.1) is 0 Å². The fourth-order valence-corrected chi connectivity index (χ4v) is 4.65. The van der Waals surface area contributed by atoms with Gasteiger partial charge in [0.2, 0.25) is 5.91 Å². The summed E-state index contributed by atoms with van der Waals surface area (Å²) >= 11 is 0. The van der Waals surface area contributed by atoms with Crippen molar-refractivity contribution in [2.75, 3.05) is 32.6 Å². The molecule has 166 valence electrons. The van der Waals surface area contributed by atoms with Gasteiger partial charge in [0, 0.05) is 19.2 Å². The van der Waals surface area contributed by atoms with Gasteiger partial charge in [-0.25, -0.2) is 8.42 Å². The maximum absolute atomic E-state index is 12.8. The highest BCUT2D eigenvalue weighted by molar-refractivity contribution is 7.90. The standard InChI is InChI=1S/C23H27NO6S/c1-31(26,27)19-9-7-18(8-10-19)28-13-3-5-23(25)24-12-2-4-20(24)17-6-11-21-22(16-17)30-15-14-29-21/h6-11,16,20H,2-5,12-15H2,1H3. The number of sulfone groups is 1. The third-order valence-corrected chi connectivity index (χ3v) is 6.71. The Kier molecular flexibility index (Phi) is 6.36. The van der Waals surface area contributed by atoms with Gasteiger partial charge >= 0.3 is 0 Å². The zero-order valence-electron chi connectivity index (χ0n) is 17.6. The highest BCUT2D eigenvalue weighted by Gasteiger charge is 2.30. The second-order valence-electron chi connectivity index (χ2n) is 7.84. The quantitative estimate of drug-likeness (QED) is 0.608. The molecule has 0 N–H and O–H groups in total. The van der Waals surface area contributed by atoms with Gasteiger partial charge in [0.05, 0.1) is 17.5 Å². The van der Waals surface area contributed by atoms with Crippen LogP contribution in [0.3, 0.4) is 0 Å². The third-order valence-electron chi connectivity index (χ3n) is 5.58. The Bertz CT molecular complexity index is 1030. The number of benzene rings is 2. The van der Waals surface area contributed by atoms with Crippen LogP contribution in [0.1, 0.15) is 37.3 Å². The Morgan fingerprint density at radius 1 is 1.10 bits per heavy atom. The van der Waals surface area contributed by atoms with Gasteiger partial charge in [0.25, 0.3) is 0 Å². The lowest BCUT2D eigenvalue weighted by atomic mass is 10.0. The van der Waals surface area contributed by atoms with Crippen molar-refractivity contribution in [3.8, 4) is 17.2 Å². The summed E-state index contributed by atoms with van der Waals surface area (Å²) in [7, 11) is -3.22. The first-order valence-electron chi connectivity index (χ1n) is 10.5. The zero-order valence-corrected chi connectivity index (χ0v) is 18.4. The minimum atomic E-state index is -3.22. The number of amides is 1. The number of carbonyl (C=O) groups excluding carboxylic acids is 1. The number of nitrogens with zero attached hydrogens (tertiary/aromatic N) is 1. The van der Waals surface area contributed by atoms with E-state index in [2.05, 4.69) is 0 Å². The van der Waals surface area contributed by atoms with Crippen LogP contribution in [-0.2, 0) is 14.6 Å². The third kappa shape index (κ3) is 5.12. The van der Waals surface area contributed by atoms with E-state index in [1.165, 1.54) is 18.4 Å². The number of likely N-dealkylation sites (tertiary alicyclic amines) is 1. The minimum absolute atomic E-state index is 0.0628. The smallest absolute Gasteiger partial charge is 0.223 e. The number of fused-ring (bicyclic) bond motifs is 1. The molecule has 2 aliphatic rings. The normalized spacial score (nSPS) is 18.1. The van der Waals surface area contributed by atoms with Gasteiger partial charge in [-0.2, -0.15) is 0 Å². The number of ether oxygens (including phenoxy) is 3. The van der Waals surface area contributed by atoms with E-state index in [0.717, 1.165) is 36.4 Å². The molecule has 1 fully saturated rings. The molecule has 2 heterocycles. The van der Waals surface area contributed by atoms with Crippen molar-refractivity contribution in [1.82, 2.24) is 4.90 Å². The summed E-state index contributed by atoms with van der Waals surface area (Å²) in [5.41, 5.74) is 1.08. The first kappa shape index (κ1) is 21.5. The molecule has 31 heavy (non-hydrogen) atoms. The second-order valence-corrected chi connectivity index (χ2v) is 9.86. The molecule has 2 aromatic rings. The lowest BCUT2D eigenvalue weighted by Gasteiger charge is -2.27. The number of rotatable bonds is 7. The molecule has 1 saturated heterocycles. The second kappa shape index (κ2) is 9.18. The van der Waals surface area contributed by atoms with Gasteiger partial charge in [0.15, 0.2) is 21.3 Å². The number of hydrogen-bond donors (Lipinski definition) is 0. The highest BCUT2D eigenvalue weighted by atomic mass is 32.2. The Hall–Kier alpha value is -2.74. The molecule has 0 bridgehead atoms. The fraction of sp³-hybridized carbons (Fsp3) is 0.435. The SMILES string of the molecule is CS(=O)(=O)c1ccc(OCCCC(=O)N2CCCC2c2ccc3c(c2)OCCO3)cc1. The number of hydrogen-bond acceptors (Lipinski definition) is 6. The first-order valence-corrected chi connectivity index (χ1v) is 12.4. The maximum Gasteiger partial charge on any atom is 0.223 e. The molecule has 1 atom stereocenters. The Morgan fingerprint density at radius 3 is 2.58 bits per heavy atom. The molecule has 2 aromatic carbocycles. The Balaban J connectivity index is 1.29. The number of carbonyl (C=O) groups is 1. The summed E-state index contributed by atoms with van der Waals surface area (Å²) in [6.07, 6.45) is 4.09. The van der Waals surface area contributed by atoms with Crippen molar-refractivity contribution in [2.45, 2.75) is 36.6 Å². The van der Waals surface area contributed by atoms with Gasteiger partial charge < -0.3 is 19.1 Å². The predicted molar refractivity (Wildman–Crippen MR) is 115 cm³/mol. The van der Waals surface area contributed by atoms with Gasteiger partial charge in [-0.15, -0.1) is 0 Å². The van der Waals surface area contributed by atoms with E-state index in [0.29, 0.717) is 38.4 Å². The van der Waals surface area contributed by atoms with E-state index in [9.17, 15) is 13.2 Å². The van der Waals surface area contributed by atoms with Crippen molar-refractivity contribution in [3.63, 3.8) is 0 Å². The zero-order chi connectivity index (χ0) is 21.8. The average molecular weight is 446 g/mol. The van der Waals surface area contributed by atoms with Gasteiger partial charge in [-0.3, -0.25) is 4.79 Å². The molecule has 2 aliphatic heterocycles. The van der Waals surface area contributed by atoms with Crippen LogP contribution in [0.25, 0.3) is 0 Å². The van der Waals surface area contributed by atoms with Crippen LogP contribution >= 0.6 is 0 Å². The van der Waals surface area contributed by atoms with Gasteiger partial charge in [-0.05, 0) is 61.2 Å². The lowest BCUT2D eigenvalue weighted by Crippen LogP contribution is -2.30. The van der Waals surface area contributed by atoms with Crippen molar-refractivity contribution in [2.24, 2.45) is 0 Å². The van der Waals surface area contributed by atoms with Crippen LogP contribution < -0.4 is 14.2 Å². The van der Waals surface area contributed by atoms with E-state index in [-0.39, 0.29) is 16.8 Å².